The number of halogens is 2. The third kappa shape index (κ3) is 4.67. The van der Waals surface area contributed by atoms with E-state index in [4.69, 9.17) is 4.74 Å². The predicted octanol–water partition coefficient (Wildman–Crippen LogP) is 2.04. The molecule has 0 saturated carbocycles. The van der Waals surface area contributed by atoms with Gasteiger partial charge in [-0.2, -0.15) is 0 Å². The molecule has 152 valence electrons. The molecule has 1 N–H and O–H groups in total. The van der Waals surface area contributed by atoms with Crippen molar-refractivity contribution in [1.82, 2.24) is 15.2 Å². The molecule has 1 spiro atoms. The highest BCUT2D eigenvalue weighted by Crippen LogP contribution is 2.41. The minimum Gasteiger partial charge on any atom is -0.461 e. The Morgan fingerprint density at radius 1 is 1.22 bits per heavy atom. The molecule has 3 aliphatic rings. The van der Waals surface area contributed by atoms with Gasteiger partial charge < -0.3 is 15.0 Å². The maximum absolute atomic E-state index is 12.4. The molecule has 0 radical (unpaired) electrons. The molecule has 27 heavy (non-hydrogen) atoms. The molecule has 3 fully saturated rings. The summed E-state index contributed by atoms with van der Waals surface area (Å²) >= 11 is 0. The molecule has 3 saturated heterocycles. The molecule has 4 rings (SSSR count). The summed E-state index contributed by atoms with van der Waals surface area (Å²) in [6.07, 6.45) is 6.62. The number of hydrogen-bond donors (Lipinski definition) is 1. The lowest BCUT2D eigenvalue weighted by Crippen LogP contribution is -2.48. The zero-order chi connectivity index (χ0) is 17.3. The SMILES string of the molecule is Cc1cnccc1N1CCN(CC2CC3(CCNCC3)C(=O)O2)CC1.Cl.Cl. The van der Waals surface area contributed by atoms with Crippen LogP contribution in [-0.4, -0.2) is 67.8 Å². The van der Waals surface area contributed by atoms with Crippen molar-refractivity contribution in [3.05, 3.63) is 24.0 Å². The van der Waals surface area contributed by atoms with Crippen LogP contribution in [0.4, 0.5) is 5.69 Å². The number of esters is 1. The highest BCUT2D eigenvalue weighted by molar-refractivity contribution is 5.85. The van der Waals surface area contributed by atoms with E-state index in [2.05, 4.69) is 33.1 Å². The summed E-state index contributed by atoms with van der Waals surface area (Å²) in [6.45, 7) is 8.93. The van der Waals surface area contributed by atoms with Crippen LogP contribution in [0, 0.1) is 12.3 Å². The van der Waals surface area contributed by atoms with Gasteiger partial charge in [-0.1, -0.05) is 0 Å². The molecule has 0 amide bonds. The number of piperazine rings is 1. The number of carbonyl (C=O) groups excluding carboxylic acids is 1. The van der Waals surface area contributed by atoms with Gasteiger partial charge in [-0.15, -0.1) is 24.8 Å². The number of anilines is 1. The third-order valence-corrected chi connectivity index (χ3v) is 6.05. The van der Waals surface area contributed by atoms with Crippen LogP contribution in [-0.2, 0) is 9.53 Å². The first-order chi connectivity index (χ1) is 12.2. The van der Waals surface area contributed by atoms with Gasteiger partial charge >= 0.3 is 5.97 Å². The minimum atomic E-state index is -0.202. The Kier molecular flexibility index (Phi) is 7.74. The Labute approximate surface area is 173 Å². The zero-order valence-corrected chi connectivity index (χ0v) is 17.5. The number of aromatic nitrogens is 1. The van der Waals surface area contributed by atoms with Crippen LogP contribution >= 0.6 is 24.8 Å². The Bertz CT molecular complexity index is 632. The average Bonchev–Trinajstić information content (AvgIpc) is 2.91. The number of ether oxygens (including phenoxy) is 1. The van der Waals surface area contributed by atoms with Crippen molar-refractivity contribution in [2.45, 2.75) is 32.3 Å². The van der Waals surface area contributed by atoms with E-state index in [9.17, 15) is 4.79 Å². The van der Waals surface area contributed by atoms with E-state index in [1.54, 1.807) is 0 Å². The van der Waals surface area contributed by atoms with E-state index in [0.717, 1.165) is 65.1 Å². The Morgan fingerprint density at radius 2 is 1.93 bits per heavy atom. The summed E-state index contributed by atoms with van der Waals surface area (Å²) in [5.74, 6) is 0.0463. The van der Waals surface area contributed by atoms with Crippen LogP contribution in [0.5, 0.6) is 0 Å². The molecule has 0 bridgehead atoms. The molecular formula is C19H30Cl2N4O2. The second-order valence-electron chi connectivity index (χ2n) is 7.71. The van der Waals surface area contributed by atoms with Crippen LogP contribution in [0.15, 0.2) is 18.5 Å². The van der Waals surface area contributed by atoms with Crippen molar-refractivity contribution in [1.29, 1.82) is 0 Å². The predicted molar refractivity (Wildman–Crippen MR) is 111 cm³/mol. The summed E-state index contributed by atoms with van der Waals surface area (Å²) in [7, 11) is 0. The third-order valence-electron chi connectivity index (χ3n) is 6.05. The second-order valence-corrected chi connectivity index (χ2v) is 7.71. The molecule has 4 heterocycles. The fourth-order valence-electron chi connectivity index (χ4n) is 4.53. The van der Waals surface area contributed by atoms with Gasteiger partial charge in [0, 0.05) is 57.2 Å². The lowest BCUT2D eigenvalue weighted by molar-refractivity contribution is -0.150. The normalized spacial score (nSPS) is 24.9. The van der Waals surface area contributed by atoms with E-state index in [-0.39, 0.29) is 42.3 Å². The fraction of sp³-hybridized carbons (Fsp3) is 0.684. The summed E-state index contributed by atoms with van der Waals surface area (Å²) in [5, 5.41) is 3.35. The van der Waals surface area contributed by atoms with Gasteiger partial charge in [-0.3, -0.25) is 14.7 Å². The van der Waals surface area contributed by atoms with Crippen molar-refractivity contribution in [2.75, 3.05) is 50.7 Å². The standard InChI is InChI=1S/C19H28N4O2.2ClH/c1-15-13-21-5-2-17(15)23-10-8-22(9-11-23)14-16-12-19(18(24)25-16)3-6-20-7-4-19;;/h2,5,13,16,20H,3-4,6-12,14H2,1H3;2*1H. The van der Waals surface area contributed by atoms with E-state index in [1.807, 2.05) is 12.4 Å². The number of hydrogen-bond acceptors (Lipinski definition) is 6. The van der Waals surface area contributed by atoms with Crippen LogP contribution in [0.25, 0.3) is 0 Å². The number of pyridine rings is 1. The first-order valence-corrected chi connectivity index (χ1v) is 9.46. The van der Waals surface area contributed by atoms with E-state index >= 15 is 0 Å². The van der Waals surface area contributed by atoms with Crippen LogP contribution < -0.4 is 10.2 Å². The quantitative estimate of drug-likeness (QED) is 0.760. The highest BCUT2D eigenvalue weighted by Gasteiger charge is 2.49. The van der Waals surface area contributed by atoms with Gasteiger partial charge in [-0.05, 0) is 44.5 Å². The molecule has 1 unspecified atom stereocenters. The van der Waals surface area contributed by atoms with Crippen LogP contribution in [0.1, 0.15) is 24.8 Å². The number of aryl methyl sites for hydroxylation is 1. The van der Waals surface area contributed by atoms with Crippen molar-refractivity contribution < 1.29 is 9.53 Å². The summed E-state index contributed by atoms with van der Waals surface area (Å²) in [5.41, 5.74) is 2.32. The zero-order valence-electron chi connectivity index (χ0n) is 15.9. The van der Waals surface area contributed by atoms with Crippen molar-refractivity contribution in [2.24, 2.45) is 5.41 Å². The van der Waals surface area contributed by atoms with Gasteiger partial charge in [0.25, 0.3) is 0 Å². The van der Waals surface area contributed by atoms with E-state index in [1.165, 1.54) is 11.3 Å². The van der Waals surface area contributed by atoms with Gasteiger partial charge in [-0.25, -0.2) is 0 Å². The maximum atomic E-state index is 12.4. The average molecular weight is 417 g/mol. The largest absolute Gasteiger partial charge is 0.461 e. The van der Waals surface area contributed by atoms with Crippen molar-refractivity contribution in [3.63, 3.8) is 0 Å². The Hall–Kier alpha value is -1.08. The highest BCUT2D eigenvalue weighted by atomic mass is 35.5. The topological polar surface area (TPSA) is 57.7 Å². The second kappa shape index (κ2) is 9.41. The first-order valence-electron chi connectivity index (χ1n) is 9.46. The molecule has 6 nitrogen and oxygen atoms in total. The minimum absolute atomic E-state index is 0. The molecule has 0 aliphatic carbocycles. The summed E-state index contributed by atoms with van der Waals surface area (Å²) in [4.78, 5) is 21.5. The summed E-state index contributed by atoms with van der Waals surface area (Å²) < 4.78 is 5.76. The Morgan fingerprint density at radius 3 is 2.59 bits per heavy atom. The van der Waals surface area contributed by atoms with Gasteiger partial charge in [0.1, 0.15) is 6.10 Å². The maximum Gasteiger partial charge on any atom is 0.312 e. The van der Waals surface area contributed by atoms with Gasteiger partial charge in [0.05, 0.1) is 5.41 Å². The van der Waals surface area contributed by atoms with Crippen LogP contribution in [0.2, 0.25) is 0 Å². The number of cyclic esters (lactones) is 1. The Balaban J connectivity index is 0.00000131. The number of nitrogens with zero attached hydrogens (tertiary/aromatic N) is 3. The van der Waals surface area contributed by atoms with Gasteiger partial charge in [0.2, 0.25) is 0 Å². The number of piperidine rings is 1. The first kappa shape index (κ1) is 22.2. The number of nitrogens with one attached hydrogen (secondary N) is 1. The lowest BCUT2D eigenvalue weighted by atomic mass is 9.76. The van der Waals surface area contributed by atoms with Crippen molar-refractivity contribution >= 4 is 36.5 Å². The number of rotatable bonds is 3. The molecule has 1 atom stereocenters. The monoisotopic (exact) mass is 416 g/mol. The molecular weight excluding hydrogens is 387 g/mol. The van der Waals surface area contributed by atoms with E-state index < -0.39 is 0 Å². The smallest absolute Gasteiger partial charge is 0.312 e. The fourth-order valence-corrected chi connectivity index (χ4v) is 4.53. The molecule has 3 aliphatic heterocycles. The molecule has 8 heteroatoms. The molecule has 1 aromatic rings. The van der Waals surface area contributed by atoms with Crippen molar-refractivity contribution in [3.8, 4) is 0 Å². The van der Waals surface area contributed by atoms with Gasteiger partial charge in [0.15, 0.2) is 0 Å². The summed E-state index contributed by atoms with van der Waals surface area (Å²) in [6, 6.07) is 2.10. The number of carbonyl (C=O) groups is 1. The molecule has 1 aromatic heterocycles. The van der Waals surface area contributed by atoms with Crippen LogP contribution in [0.3, 0.4) is 0 Å². The lowest BCUT2D eigenvalue weighted by Gasteiger charge is -2.37. The van der Waals surface area contributed by atoms with E-state index in [0.29, 0.717) is 0 Å². The molecule has 0 aromatic carbocycles.